The van der Waals surface area contributed by atoms with Crippen LogP contribution in [0.15, 0.2) is 57.0 Å². The number of hydrogen-bond donors (Lipinski definition) is 1. The summed E-state index contributed by atoms with van der Waals surface area (Å²) in [6.07, 6.45) is 5.53. The largest absolute Gasteiger partial charge is 0.327 e. The molecule has 2 aromatic rings. The van der Waals surface area contributed by atoms with Gasteiger partial charge in [-0.3, -0.25) is 4.98 Å². The first kappa shape index (κ1) is 14.6. The lowest BCUT2D eigenvalue weighted by Crippen LogP contribution is -2.21. The van der Waals surface area contributed by atoms with Crippen molar-refractivity contribution in [3.8, 4) is 0 Å². The predicted molar refractivity (Wildman–Crippen MR) is 84.5 cm³/mol. The van der Waals surface area contributed by atoms with Gasteiger partial charge >= 0.3 is 0 Å². The Balaban J connectivity index is 2.24. The summed E-state index contributed by atoms with van der Waals surface area (Å²) in [5.41, 5.74) is 7.38. The van der Waals surface area contributed by atoms with E-state index in [9.17, 15) is 0 Å². The molecule has 0 fully saturated rings. The van der Waals surface area contributed by atoms with Crippen LogP contribution in [0, 0.1) is 0 Å². The number of halogens is 1. The van der Waals surface area contributed by atoms with Gasteiger partial charge in [0.1, 0.15) is 0 Å². The zero-order chi connectivity index (χ0) is 13.7. The summed E-state index contributed by atoms with van der Waals surface area (Å²) < 4.78 is 1.10. The highest BCUT2D eigenvalue weighted by atomic mass is 79.9. The highest BCUT2D eigenvalue weighted by Gasteiger charge is 2.09. The van der Waals surface area contributed by atoms with Crippen LogP contribution >= 0.6 is 27.7 Å². The van der Waals surface area contributed by atoms with Gasteiger partial charge in [0.15, 0.2) is 0 Å². The molecule has 1 unspecified atom stereocenters. The van der Waals surface area contributed by atoms with E-state index in [1.165, 1.54) is 15.4 Å². The van der Waals surface area contributed by atoms with Crippen LogP contribution in [-0.2, 0) is 6.42 Å². The summed E-state index contributed by atoms with van der Waals surface area (Å²) in [5, 5.41) is 0. The predicted octanol–water partition coefficient (Wildman–Crippen LogP) is 4.28. The zero-order valence-corrected chi connectivity index (χ0v) is 13.2. The van der Waals surface area contributed by atoms with Crippen LogP contribution in [0.25, 0.3) is 0 Å². The number of benzene rings is 1. The van der Waals surface area contributed by atoms with Crippen molar-refractivity contribution in [1.29, 1.82) is 0 Å². The van der Waals surface area contributed by atoms with Crippen molar-refractivity contribution in [3.63, 3.8) is 0 Å². The molecule has 0 aliphatic rings. The van der Waals surface area contributed by atoms with Crippen LogP contribution in [0.3, 0.4) is 0 Å². The fourth-order valence-electron chi connectivity index (χ4n) is 1.77. The second kappa shape index (κ2) is 7.08. The van der Waals surface area contributed by atoms with Crippen molar-refractivity contribution >= 4 is 27.7 Å². The maximum absolute atomic E-state index is 6.08. The van der Waals surface area contributed by atoms with Crippen molar-refractivity contribution in [2.45, 2.75) is 35.6 Å². The van der Waals surface area contributed by atoms with E-state index in [0.29, 0.717) is 0 Å². The van der Waals surface area contributed by atoms with E-state index in [4.69, 9.17) is 5.73 Å². The van der Waals surface area contributed by atoms with Gasteiger partial charge in [0.25, 0.3) is 0 Å². The van der Waals surface area contributed by atoms with E-state index in [0.717, 1.165) is 17.3 Å². The summed E-state index contributed by atoms with van der Waals surface area (Å²) in [6.45, 7) is 2.12. The molecule has 1 aromatic carbocycles. The first-order valence-corrected chi connectivity index (χ1v) is 7.92. The van der Waals surface area contributed by atoms with Crippen molar-refractivity contribution in [3.05, 3.63) is 52.8 Å². The van der Waals surface area contributed by atoms with E-state index in [2.05, 4.69) is 46.0 Å². The van der Waals surface area contributed by atoms with Gasteiger partial charge in [-0.05, 0) is 48.7 Å². The number of aromatic nitrogens is 1. The molecular weight excluding hydrogens is 320 g/mol. The molecule has 0 aliphatic heterocycles. The number of nitrogens with zero attached hydrogens (tertiary/aromatic N) is 1. The van der Waals surface area contributed by atoms with Crippen LogP contribution in [-0.4, -0.2) is 11.0 Å². The smallest absolute Gasteiger partial charge is 0.0279 e. The molecule has 1 heterocycles. The summed E-state index contributed by atoms with van der Waals surface area (Å²) in [6, 6.07) is 10.6. The average Bonchev–Trinajstić information content (AvgIpc) is 2.43. The molecule has 2 N–H and O–H groups in total. The molecule has 0 amide bonds. The normalized spacial score (nSPS) is 12.4. The van der Waals surface area contributed by atoms with Crippen LogP contribution in [0.4, 0.5) is 0 Å². The SMILES string of the molecule is CCC(N)Cc1cc(Br)ccc1Sc1ccncc1. The molecule has 0 saturated carbocycles. The van der Waals surface area contributed by atoms with Gasteiger partial charge in [0.2, 0.25) is 0 Å². The summed E-state index contributed by atoms with van der Waals surface area (Å²) in [5.74, 6) is 0. The Morgan fingerprint density at radius 1 is 1.26 bits per heavy atom. The summed E-state index contributed by atoms with van der Waals surface area (Å²) in [7, 11) is 0. The van der Waals surface area contributed by atoms with Gasteiger partial charge in [-0.15, -0.1) is 0 Å². The minimum atomic E-state index is 0.214. The molecule has 100 valence electrons. The summed E-state index contributed by atoms with van der Waals surface area (Å²) >= 11 is 5.29. The molecule has 2 rings (SSSR count). The Hall–Kier alpha value is -0.840. The van der Waals surface area contributed by atoms with Crippen LogP contribution in [0.5, 0.6) is 0 Å². The minimum absolute atomic E-state index is 0.214. The third kappa shape index (κ3) is 4.34. The molecule has 4 heteroatoms. The molecule has 2 nitrogen and oxygen atoms in total. The van der Waals surface area contributed by atoms with E-state index >= 15 is 0 Å². The molecule has 19 heavy (non-hydrogen) atoms. The topological polar surface area (TPSA) is 38.9 Å². The molecule has 0 bridgehead atoms. The maximum atomic E-state index is 6.08. The number of hydrogen-bond acceptors (Lipinski definition) is 3. The number of pyridine rings is 1. The lowest BCUT2D eigenvalue weighted by atomic mass is 10.1. The van der Waals surface area contributed by atoms with Gasteiger partial charge in [0.05, 0.1) is 0 Å². The second-order valence-electron chi connectivity index (χ2n) is 4.41. The first-order chi connectivity index (χ1) is 9.19. The Morgan fingerprint density at radius 2 is 2.00 bits per heavy atom. The van der Waals surface area contributed by atoms with Crippen LogP contribution < -0.4 is 5.73 Å². The lowest BCUT2D eigenvalue weighted by molar-refractivity contribution is 0.641. The monoisotopic (exact) mass is 336 g/mol. The van der Waals surface area contributed by atoms with Crippen LogP contribution in [0.1, 0.15) is 18.9 Å². The first-order valence-electron chi connectivity index (χ1n) is 6.31. The minimum Gasteiger partial charge on any atom is -0.327 e. The second-order valence-corrected chi connectivity index (χ2v) is 6.44. The highest BCUT2D eigenvalue weighted by molar-refractivity contribution is 9.10. The molecule has 0 spiro atoms. The number of nitrogens with two attached hydrogens (primary N) is 1. The van der Waals surface area contributed by atoms with E-state index in [1.54, 1.807) is 11.8 Å². The Bertz CT molecular complexity index is 531. The molecule has 0 radical (unpaired) electrons. The van der Waals surface area contributed by atoms with Gasteiger partial charge in [-0.1, -0.05) is 34.6 Å². The van der Waals surface area contributed by atoms with Gasteiger partial charge in [-0.25, -0.2) is 0 Å². The van der Waals surface area contributed by atoms with Gasteiger partial charge in [-0.2, -0.15) is 0 Å². The molecule has 1 atom stereocenters. The Morgan fingerprint density at radius 3 is 2.68 bits per heavy atom. The van der Waals surface area contributed by atoms with Crippen molar-refractivity contribution in [1.82, 2.24) is 4.98 Å². The molecule has 0 saturated heterocycles. The third-order valence-electron chi connectivity index (χ3n) is 2.91. The van der Waals surface area contributed by atoms with Gasteiger partial charge < -0.3 is 5.73 Å². The Labute approximate surface area is 126 Å². The fraction of sp³-hybridized carbons (Fsp3) is 0.267. The average molecular weight is 337 g/mol. The molecule has 0 aliphatic carbocycles. The van der Waals surface area contributed by atoms with Crippen molar-refractivity contribution in [2.24, 2.45) is 5.73 Å². The van der Waals surface area contributed by atoms with Gasteiger partial charge in [0, 0.05) is 32.7 Å². The Kier molecular flexibility index (Phi) is 5.43. The zero-order valence-electron chi connectivity index (χ0n) is 10.8. The van der Waals surface area contributed by atoms with Crippen molar-refractivity contribution in [2.75, 3.05) is 0 Å². The van der Waals surface area contributed by atoms with Crippen LogP contribution in [0.2, 0.25) is 0 Å². The fourth-order valence-corrected chi connectivity index (χ4v) is 3.10. The molecule has 1 aromatic heterocycles. The lowest BCUT2D eigenvalue weighted by Gasteiger charge is -2.13. The molecular formula is C15H17BrN2S. The highest BCUT2D eigenvalue weighted by Crippen LogP contribution is 2.32. The standard InChI is InChI=1S/C15H17BrN2S/c1-2-13(17)10-11-9-12(16)3-4-15(11)19-14-5-7-18-8-6-14/h3-9,13H,2,10,17H2,1H3. The summed E-state index contributed by atoms with van der Waals surface area (Å²) in [4.78, 5) is 6.50. The van der Waals surface area contributed by atoms with E-state index in [-0.39, 0.29) is 6.04 Å². The quantitative estimate of drug-likeness (QED) is 0.885. The van der Waals surface area contributed by atoms with E-state index < -0.39 is 0 Å². The number of rotatable bonds is 5. The maximum Gasteiger partial charge on any atom is 0.0279 e. The van der Waals surface area contributed by atoms with Crippen molar-refractivity contribution < 1.29 is 0 Å². The van der Waals surface area contributed by atoms with E-state index in [1.807, 2.05) is 24.5 Å². The third-order valence-corrected chi connectivity index (χ3v) is 4.53.